The lowest BCUT2D eigenvalue weighted by Gasteiger charge is -2.40. The molecule has 0 aliphatic carbocycles. The van der Waals surface area contributed by atoms with Crippen molar-refractivity contribution in [2.75, 3.05) is 13.2 Å². The number of carbonyl (C=O) groups is 1. The predicted octanol–water partition coefficient (Wildman–Crippen LogP) is 1.30. The highest BCUT2D eigenvalue weighted by Crippen LogP contribution is 2.32. The number of furan rings is 1. The molecule has 128 valence electrons. The Bertz CT molecular complexity index is 655. The zero-order valence-corrected chi connectivity index (χ0v) is 13.5. The zero-order chi connectivity index (χ0) is 16.4. The highest BCUT2D eigenvalue weighted by atomic mass is 16.5. The first-order valence-electron chi connectivity index (χ1n) is 8.43. The molecule has 7 nitrogen and oxygen atoms in total. The summed E-state index contributed by atoms with van der Waals surface area (Å²) in [5.41, 5.74) is 1.14. The van der Waals surface area contributed by atoms with Crippen molar-refractivity contribution in [3.8, 4) is 0 Å². The van der Waals surface area contributed by atoms with Gasteiger partial charge < -0.3 is 14.5 Å². The highest BCUT2D eigenvalue weighted by molar-refractivity contribution is 5.79. The summed E-state index contributed by atoms with van der Waals surface area (Å²) < 4.78 is 11.1. The molecule has 0 saturated carbocycles. The Morgan fingerprint density at radius 1 is 1.50 bits per heavy atom. The van der Waals surface area contributed by atoms with Gasteiger partial charge in [0.2, 0.25) is 5.91 Å². The molecule has 2 aromatic heterocycles. The number of aromatic amines is 1. The normalized spacial score (nSPS) is 27.1. The second-order valence-electron chi connectivity index (χ2n) is 6.53. The first-order chi connectivity index (χ1) is 11.8. The molecule has 2 saturated heterocycles. The van der Waals surface area contributed by atoms with E-state index >= 15 is 0 Å². The number of aromatic nitrogens is 2. The van der Waals surface area contributed by atoms with E-state index in [-0.39, 0.29) is 17.9 Å². The Labute approximate surface area is 140 Å². The maximum Gasteiger partial charge on any atom is 0.224 e. The lowest BCUT2D eigenvalue weighted by Crippen LogP contribution is -2.52. The average molecular weight is 330 g/mol. The van der Waals surface area contributed by atoms with Crippen LogP contribution in [0.4, 0.5) is 0 Å². The van der Waals surface area contributed by atoms with Crippen molar-refractivity contribution in [3.63, 3.8) is 0 Å². The van der Waals surface area contributed by atoms with Gasteiger partial charge in [0.05, 0.1) is 31.0 Å². The molecule has 0 spiro atoms. The molecule has 3 atom stereocenters. The van der Waals surface area contributed by atoms with Crippen LogP contribution in [0, 0.1) is 5.92 Å². The third kappa shape index (κ3) is 3.22. The number of H-pyrrole nitrogens is 1. The van der Waals surface area contributed by atoms with Crippen LogP contribution in [0.3, 0.4) is 0 Å². The fourth-order valence-corrected chi connectivity index (χ4v) is 3.76. The van der Waals surface area contributed by atoms with Crippen LogP contribution in [0.15, 0.2) is 35.2 Å². The number of amides is 1. The number of nitrogens with one attached hydrogen (secondary N) is 2. The molecule has 1 amide bonds. The molecule has 4 rings (SSSR count). The number of nitrogens with zero attached hydrogens (tertiary/aromatic N) is 2. The second kappa shape index (κ2) is 6.78. The quantitative estimate of drug-likeness (QED) is 0.863. The summed E-state index contributed by atoms with van der Waals surface area (Å²) in [6.45, 7) is 2.75. The monoisotopic (exact) mass is 330 g/mol. The number of piperidine rings is 1. The highest BCUT2D eigenvalue weighted by Gasteiger charge is 2.42. The molecule has 7 heteroatoms. The number of hydrogen-bond acceptors (Lipinski definition) is 5. The summed E-state index contributed by atoms with van der Waals surface area (Å²) in [5.74, 6) is 0.771. The SMILES string of the molecule is O=C(NCc1ccco1)[C@H]1C[C@H]2OCC[C@H]2N(Cc2cn[nH]c2)C1. The lowest BCUT2D eigenvalue weighted by atomic mass is 9.89. The minimum Gasteiger partial charge on any atom is -0.467 e. The van der Waals surface area contributed by atoms with Crippen molar-refractivity contribution in [2.24, 2.45) is 5.92 Å². The standard InChI is InChI=1S/C17H22N4O3/c22-17(18-9-14-2-1-4-23-14)13-6-16-15(3-5-24-16)21(11-13)10-12-7-19-20-8-12/h1-2,4,7-8,13,15-16H,3,5-6,9-11H2,(H,18,22)(H,19,20)/t13-,15+,16+/m0/s1. The number of likely N-dealkylation sites (tertiary alicyclic amines) is 1. The van der Waals surface area contributed by atoms with E-state index < -0.39 is 0 Å². The fourth-order valence-electron chi connectivity index (χ4n) is 3.76. The van der Waals surface area contributed by atoms with Crippen molar-refractivity contribution >= 4 is 5.91 Å². The maximum absolute atomic E-state index is 12.6. The van der Waals surface area contributed by atoms with Crippen LogP contribution in [0.25, 0.3) is 0 Å². The Hall–Kier alpha value is -2.12. The van der Waals surface area contributed by atoms with Gasteiger partial charge in [-0.25, -0.2) is 0 Å². The Kier molecular flexibility index (Phi) is 4.36. The molecule has 4 heterocycles. The molecule has 0 unspecified atom stereocenters. The zero-order valence-electron chi connectivity index (χ0n) is 13.5. The molecular formula is C17H22N4O3. The topological polar surface area (TPSA) is 83.4 Å². The number of hydrogen-bond donors (Lipinski definition) is 2. The van der Waals surface area contributed by atoms with Crippen LogP contribution in [0.2, 0.25) is 0 Å². The van der Waals surface area contributed by atoms with Crippen LogP contribution in [-0.2, 0) is 22.6 Å². The fraction of sp³-hybridized carbons (Fsp3) is 0.529. The van der Waals surface area contributed by atoms with Crippen molar-refractivity contribution in [2.45, 2.75) is 38.1 Å². The maximum atomic E-state index is 12.6. The van der Waals surface area contributed by atoms with Gasteiger partial charge in [0, 0.05) is 37.5 Å². The largest absolute Gasteiger partial charge is 0.467 e. The molecule has 0 radical (unpaired) electrons. The number of fused-ring (bicyclic) bond motifs is 1. The summed E-state index contributed by atoms with van der Waals surface area (Å²) in [5, 5.41) is 9.84. The third-order valence-electron chi connectivity index (χ3n) is 4.94. The van der Waals surface area contributed by atoms with Gasteiger partial charge in [0.15, 0.2) is 0 Å². The number of carbonyl (C=O) groups excluding carboxylic acids is 1. The minimum atomic E-state index is -0.0637. The van der Waals surface area contributed by atoms with Crippen molar-refractivity contribution in [3.05, 3.63) is 42.1 Å². The van der Waals surface area contributed by atoms with E-state index in [2.05, 4.69) is 20.4 Å². The number of ether oxygens (including phenoxy) is 1. The van der Waals surface area contributed by atoms with Gasteiger partial charge in [-0.3, -0.25) is 14.8 Å². The van der Waals surface area contributed by atoms with Crippen LogP contribution >= 0.6 is 0 Å². The summed E-state index contributed by atoms with van der Waals surface area (Å²) in [6.07, 6.45) is 7.33. The molecule has 0 bridgehead atoms. The first-order valence-corrected chi connectivity index (χ1v) is 8.43. The van der Waals surface area contributed by atoms with Crippen molar-refractivity contribution in [1.29, 1.82) is 0 Å². The van der Waals surface area contributed by atoms with E-state index in [1.807, 2.05) is 24.5 Å². The van der Waals surface area contributed by atoms with Gasteiger partial charge in [0.1, 0.15) is 5.76 Å². The van der Waals surface area contributed by atoms with Gasteiger partial charge in [-0.1, -0.05) is 0 Å². The third-order valence-corrected chi connectivity index (χ3v) is 4.94. The van der Waals surface area contributed by atoms with E-state index in [0.717, 1.165) is 43.9 Å². The van der Waals surface area contributed by atoms with E-state index in [4.69, 9.17) is 9.15 Å². The van der Waals surface area contributed by atoms with E-state index in [0.29, 0.717) is 12.6 Å². The van der Waals surface area contributed by atoms with Crippen LogP contribution in [-0.4, -0.2) is 46.3 Å². The number of rotatable bonds is 5. The second-order valence-corrected chi connectivity index (χ2v) is 6.53. The smallest absolute Gasteiger partial charge is 0.224 e. The minimum absolute atomic E-state index is 0.0637. The summed E-state index contributed by atoms with van der Waals surface area (Å²) >= 11 is 0. The molecular weight excluding hydrogens is 308 g/mol. The van der Waals surface area contributed by atoms with Crippen LogP contribution in [0.1, 0.15) is 24.2 Å². The molecule has 2 aromatic rings. The molecule has 0 aromatic carbocycles. The van der Waals surface area contributed by atoms with Crippen LogP contribution < -0.4 is 5.32 Å². The van der Waals surface area contributed by atoms with E-state index in [1.54, 1.807) is 6.26 Å². The Balaban J connectivity index is 1.40. The van der Waals surface area contributed by atoms with Gasteiger partial charge in [0.25, 0.3) is 0 Å². The van der Waals surface area contributed by atoms with Gasteiger partial charge in [-0.2, -0.15) is 5.10 Å². The van der Waals surface area contributed by atoms with Gasteiger partial charge >= 0.3 is 0 Å². The molecule has 24 heavy (non-hydrogen) atoms. The molecule has 2 aliphatic rings. The Morgan fingerprint density at radius 3 is 3.25 bits per heavy atom. The van der Waals surface area contributed by atoms with E-state index in [9.17, 15) is 4.79 Å². The van der Waals surface area contributed by atoms with Gasteiger partial charge in [-0.05, 0) is 25.0 Å². The van der Waals surface area contributed by atoms with Gasteiger partial charge in [-0.15, -0.1) is 0 Å². The van der Waals surface area contributed by atoms with Crippen molar-refractivity contribution in [1.82, 2.24) is 20.4 Å². The summed E-state index contributed by atoms with van der Waals surface area (Å²) in [7, 11) is 0. The average Bonchev–Trinajstić information content (AvgIpc) is 3.33. The predicted molar refractivity (Wildman–Crippen MR) is 85.8 cm³/mol. The van der Waals surface area contributed by atoms with Crippen molar-refractivity contribution < 1.29 is 13.9 Å². The molecule has 2 fully saturated rings. The molecule has 2 N–H and O–H groups in total. The summed E-state index contributed by atoms with van der Waals surface area (Å²) in [4.78, 5) is 14.9. The van der Waals surface area contributed by atoms with E-state index in [1.165, 1.54) is 0 Å². The summed E-state index contributed by atoms with van der Waals surface area (Å²) in [6, 6.07) is 4.09. The lowest BCUT2D eigenvalue weighted by molar-refractivity contribution is -0.130. The first kappa shape index (κ1) is 15.4. The Morgan fingerprint density at radius 2 is 2.46 bits per heavy atom. The van der Waals surface area contributed by atoms with Crippen LogP contribution in [0.5, 0.6) is 0 Å². The molecule has 2 aliphatic heterocycles.